The minimum atomic E-state index is -4.63. The minimum absolute atomic E-state index is 0.0259. The molecule has 1 aromatic heterocycles. The number of alkyl halides is 3. The smallest absolute Gasteiger partial charge is 0.341 e. The lowest BCUT2D eigenvalue weighted by Gasteiger charge is -2.35. The topological polar surface area (TPSA) is 57.0 Å². The minimum Gasteiger partial charge on any atom is -0.341 e. The molecule has 136 valence electrons. The standard InChI is InChI=1S/C17H20F3N3OS/c1-10-4-11(2)8-23(7-10)15(24)9-25-16-13(6-21)14(17(18,19)20)5-12(3)22-16/h5,10-11H,4,7-9H2,1-3H3. The Balaban J connectivity index is 2.17. The third kappa shape index (κ3) is 4.88. The van der Waals surface area contributed by atoms with Crippen molar-refractivity contribution in [3.05, 3.63) is 22.9 Å². The van der Waals surface area contributed by atoms with E-state index in [0.29, 0.717) is 24.9 Å². The van der Waals surface area contributed by atoms with Crippen LogP contribution in [0.4, 0.5) is 13.2 Å². The second kappa shape index (κ2) is 7.65. The van der Waals surface area contributed by atoms with Crippen molar-refractivity contribution in [2.75, 3.05) is 18.8 Å². The summed E-state index contributed by atoms with van der Waals surface area (Å²) in [6, 6.07) is 2.45. The molecule has 0 bridgehead atoms. The number of hydrogen-bond acceptors (Lipinski definition) is 4. The van der Waals surface area contributed by atoms with Crippen LogP contribution in [0.3, 0.4) is 0 Å². The van der Waals surface area contributed by atoms with Crippen molar-refractivity contribution in [2.45, 2.75) is 38.4 Å². The summed E-state index contributed by atoms with van der Waals surface area (Å²) in [5.74, 6) is 0.647. The summed E-state index contributed by atoms with van der Waals surface area (Å²) in [6.07, 6.45) is -3.57. The highest BCUT2D eigenvalue weighted by Gasteiger charge is 2.36. The summed E-state index contributed by atoms with van der Waals surface area (Å²) >= 11 is 0.895. The number of nitriles is 1. The Morgan fingerprint density at radius 2 is 2.00 bits per heavy atom. The van der Waals surface area contributed by atoms with Crippen LogP contribution in [0.15, 0.2) is 11.1 Å². The van der Waals surface area contributed by atoms with E-state index >= 15 is 0 Å². The van der Waals surface area contributed by atoms with Crippen molar-refractivity contribution in [3.8, 4) is 6.07 Å². The molecule has 0 radical (unpaired) electrons. The van der Waals surface area contributed by atoms with Gasteiger partial charge in [0.25, 0.3) is 0 Å². The van der Waals surface area contributed by atoms with E-state index in [0.717, 1.165) is 24.2 Å². The lowest BCUT2D eigenvalue weighted by molar-refractivity contribution is -0.138. The summed E-state index contributed by atoms with van der Waals surface area (Å²) in [7, 11) is 0. The fourth-order valence-corrected chi connectivity index (χ4v) is 4.12. The third-order valence-corrected chi connectivity index (χ3v) is 5.05. The molecule has 1 aliphatic rings. The lowest BCUT2D eigenvalue weighted by Crippen LogP contribution is -2.43. The Morgan fingerprint density at radius 1 is 1.40 bits per heavy atom. The number of hydrogen-bond donors (Lipinski definition) is 0. The van der Waals surface area contributed by atoms with Gasteiger partial charge in [0.05, 0.1) is 16.9 Å². The molecule has 2 atom stereocenters. The predicted octanol–water partition coefficient (Wildman–Crippen LogP) is 3.88. The number of piperidine rings is 1. The van der Waals surface area contributed by atoms with Crippen molar-refractivity contribution in [2.24, 2.45) is 11.8 Å². The summed E-state index contributed by atoms with van der Waals surface area (Å²) in [5.41, 5.74) is -1.35. The van der Waals surface area contributed by atoms with Crippen LogP contribution in [0.5, 0.6) is 0 Å². The second-order valence-corrected chi connectivity index (χ2v) is 7.60. The molecular formula is C17H20F3N3OS. The molecule has 2 rings (SSSR count). The molecule has 1 saturated heterocycles. The molecule has 1 aromatic rings. The van der Waals surface area contributed by atoms with Crippen molar-refractivity contribution >= 4 is 17.7 Å². The first-order valence-electron chi connectivity index (χ1n) is 8.01. The zero-order valence-electron chi connectivity index (χ0n) is 14.4. The number of carbonyl (C=O) groups excluding carboxylic acids is 1. The van der Waals surface area contributed by atoms with E-state index in [1.165, 1.54) is 6.92 Å². The van der Waals surface area contributed by atoms with Crippen LogP contribution >= 0.6 is 11.8 Å². The molecule has 1 aliphatic heterocycles. The average Bonchev–Trinajstić information content (AvgIpc) is 2.50. The predicted molar refractivity (Wildman–Crippen MR) is 88.9 cm³/mol. The molecule has 0 aliphatic carbocycles. The summed E-state index contributed by atoms with van der Waals surface area (Å²) in [6.45, 7) is 6.91. The first-order chi connectivity index (χ1) is 11.6. The number of likely N-dealkylation sites (tertiary alicyclic amines) is 1. The van der Waals surface area contributed by atoms with E-state index in [4.69, 9.17) is 5.26 Å². The highest BCUT2D eigenvalue weighted by Crippen LogP contribution is 2.36. The summed E-state index contributed by atoms with van der Waals surface area (Å²) in [5, 5.41) is 9.10. The monoisotopic (exact) mass is 371 g/mol. The van der Waals surface area contributed by atoms with E-state index < -0.39 is 17.3 Å². The summed E-state index contributed by atoms with van der Waals surface area (Å²) in [4.78, 5) is 18.2. The number of aromatic nitrogens is 1. The van der Waals surface area contributed by atoms with Crippen LogP contribution in [0.25, 0.3) is 0 Å². The van der Waals surface area contributed by atoms with Gasteiger partial charge < -0.3 is 4.90 Å². The van der Waals surface area contributed by atoms with Gasteiger partial charge in [0.2, 0.25) is 5.91 Å². The molecule has 2 unspecified atom stereocenters. The molecule has 1 amide bonds. The van der Waals surface area contributed by atoms with Crippen LogP contribution in [0.2, 0.25) is 0 Å². The van der Waals surface area contributed by atoms with Crippen molar-refractivity contribution in [1.29, 1.82) is 5.26 Å². The Hall–Kier alpha value is -1.75. The summed E-state index contributed by atoms with van der Waals surface area (Å²) < 4.78 is 39.3. The van der Waals surface area contributed by atoms with Gasteiger partial charge in [-0.2, -0.15) is 18.4 Å². The molecule has 0 spiro atoms. The Labute approximate surface area is 149 Å². The average molecular weight is 371 g/mol. The molecule has 25 heavy (non-hydrogen) atoms. The maximum absolute atomic E-state index is 13.1. The van der Waals surface area contributed by atoms with Gasteiger partial charge in [-0.05, 0) is 31.2 Å². The van der Waals surface area contributed by atoms with Gasteiger partial charge in [-0.15, -0.1) is 0 Å². The molecule has 4 nitrogen and oxygen atoms in total. The number of pyridine rings is 1. The van der Waals surface area contributed by atoms with Crippen LogP contribution in [-0.4, -0.2) is 34.6 Å². The van der Waals surface area contributed by atoms with Crippen molar-refractivity contribution in [3.63, 3.8) is 0 Å². The van der Waals surface area contributed by atoms with Crippen molar-refractivity contribution < 1.29 is 18.0 Å². The molecule has 0 aromatic carbocycles. The fraction of sp³-hybridized carbons (Fsp3) is 0.588. The van der Waals surface area contributed by atoms with E-state index in [9.17, 15) is 18.0 Å². The van der Waals surface area contributed by atoms with E-state index in [1.807, 2.05) is 0 Å². The first kappa shape index (κ1) is 19.6. The van der Waals surface area contributed by atoms with Crippen LogP contribution in [-0.2, 0) is 11.0 Å². The van der Waals surface area contributed by atoms with E-state index in [2.05, 4.69) is 18.8 Å². The Kier molecular flexibility index (Phi) is 5.99. The number of aryl methyl sites for hydroxylation is 1. The number of carbonyl (C=O) groups is 1. The maximum atomic E-state index is 13.1. The van der Waals surface area contributed by atoms with Crippen LogP contribution in [0, 0.1) is 30.1 Å². The zero-order valence-corrected chi connectivity index (χ0v) is 15.2. The Morgan fingerprint density at radius 3 is 2.52 bits per heavy atom. The molecule has 8 heteroatoms. The van der Waals surface area contributed by atoms with E-state index in [-0.39, 0.29) is 22.4 Å². The zero-order chi connectivity index (χ0) is 18.8. The molecule has 2 heterocycles. The van der Waals surface area contributed by atoms with Gasteiger partial charge in [0.1, 0.15) is 11.1 Å². The number of rotatable bonds is 3. The normalized spacial score (nSPS) is 21.1. The largest absolute Gasteiger partial charge is 0.417 e. The van der Waals surface area contributed by atoms with Gasteiger partial charge in [-0.3, -0.25) is 4.79 Å². The third-order valence-electron chi connectivity index (χ3n) is 4.09. The fourth-order valence-electron chi connectivity index (χ4n) is 3.17. The maximum Gasteiger partial charge on any atom is 0.417 e. The molecule has 0 saturated carbocycles. The second-order valence-electron chi connectivity index (χ2n) is 6.63. The van der Waals surface area contributed by atoms with E-state index in [1.54, 1.807) is 11.0 Å². The number of nitrogens with zero attached hydrogens (tertiary/aromatic N) is 3. The quantitative estimate of drug-likeness (QED) is 0.757. The van der Waals surface area contributed by atoms with Gasteiger partial charge in [-0.1, -0.05) is 25.6 Å². The SMILES string of the molecule is Cc1cc(C(F)(F)F)c(C#N)c(SCC(=O)N2CC(C)CC(C)C2)n1. The lowest BCUT2D eigenvalue weighted by atomic mass is 9.92. The number of amides is 1. The number of thioether (sulfide) groups is 1. The van der Waals surface area contributed by atoms with Gasteiger partial charge in [0, 0.05) is 18.8 Å². The molecule has 1 fully saturated rings. The molecule has 0 N–H and O–H groups in total. The van der Waals surface area contributed by atoms with Gasteiger partial charge in [0.15, 0.2) is 0 Å². The Bertz CT molecular complexity index is 690. The first-order valence-corrected chi connectivity index (χ1v) is 8.99. The van der Waals surface area contributed by atoms with Crippen LogP contribution < -0.4 is 0 Å². The molecular weight excluding hydrogens is 351 g/mol. The highest BCUT2D eigenvalue weighted by molar-refractivity contribution is 8.00. The van der Waals surface area contributed by atoms with Crippen LogP contribution in [0.1, 0.15) is 37.1 Å². The van der Waals surface area contributed by atoms with Gasteiger partial charge >= 0.3 is 6.18 Å². The highest BCUT2D eigenvalue weighted by atomic mass is 32.2. The van der Waals surface area contributed by atoms with Crippen molar-refractivity contribution in [1.82, 2.24) is 9.88 Å². The van der Waals surface area contributed by atoms with Gasteiger partial charge in [-0.25, -0.2) is 4.98 Å². The number of halogens is 3.